The molecule has 2 heterocycles. The van der Waals surface area contributed by atoms with E-state index in [0.29, 0.717) is 0 Å². The monoisotopic (exact) mass is 335 g/mol. The predicted molar refractivity (Wildman–Crippen MR) is 82.5 cm³/mol. The normalized spacial score (nSPS) is 14.7. The standard InChI is InChI=1S/C14H14BrN3S/c1-14(16,10-2-4-11(15)5-3-10)8-12-9-18-6-7-19-13(18)17-12/h2-7,9H,8,16H2,1H3. The highest BCUT2D eigenvalue weighted by atomic mass is 79.9. The minimum absolute atomic E-state index is 0.412. The molecule has 0 aliphatic rings. The summed E-state index contributed by atoms with van der Waals surface area (Å²) in [5.74, 6) is 0. The Labute approximate surface area is 124 Å². The van der Waals surface area contributed by atoms with Gasteiger partial charge in [0.2, 0.25) is 0 Å². The van der Waals surface area contributed by atoms with Crippen LogP contribution in [0.25, 0.3) is 4.96 Å². The van der Waals surface area contributed by atoms with Crippen LogP contribution in [0.4, 0.5) is 0 Å². The Hall–Kier alpha value is -1.17. The molecular formula is C14H14BrN3S. The summed E-state index contributed by atoms with van der Waals surface area (Å²) in [5, 5.41) is 2.03. The lowest BCUT2D eigenvalue weighted by Crippen LogP contribution is -2.35. The van der Waals surface area contributed by atoms with Crippen LogP contribution in [0.2, 0.25) is 0 Å². The number of thiazole rings is 1. The van der Waals surface area contributed by atoms with Crippen molar-refractivity contribution >= 4 is 32.2 Å². The fourth-order valence-electron chi connectivity index (χ4n) is 2.17. The number of rotatable bonds is 3. The van der Waals surface area contributed by atoms with Crippen LogP contribution >= 0.6 is 27.3 Å². The molecule has 0 spiro atoms. The topological polar surface area (TPSA) is 43.3 Å². The number of imidazole rings is 1. The predicted octanol–water partition coefficient (Wildman–Crippen LogP) is 3.57. The first kappa shape index (κ1) is 12.8. The van der Waals surface area contributed by atoms with Crippen molar-refractivity contribution in [2.75, 3.05) is 0 Å². The van der Waals surface area contributed by atoms with Gasteiger partial charge in [-0.3, -0.25) is 4.40 Å². The molecule has 1 atom stereocenters. The fourth-order valence-corrected chi connectivity index (χ4v) is 3.15. The molecule has 3 nitrogen and oxygen atoms in total. The van der Waals surface area contributed by atoms with Crippen molar-refractivity contribution < 1.29 is 0 Å². The summed E-state index contributed by atoms with van der Waals surface area (Å²) >= 11 is 5.08. The first-order valence-electron chi connectivity index (χ1n) is 6.01. The highest BCUT2D eigenvalue weighted by molar-refractivity contribution is 9.10. The Morgan fingerprint density at radius 2 is 2.11 bits per heavy atom. The SMILES string of the molecule is CC(N)(Cc1cn2ccsc2n1)c1ccc(Br)cc1. The average molecular weight is 336 g/mol. The van der Waals surface area contributed by atoms with Crippen LogP contribution in [0.5, 0.6) is 0 Å². The van der Waals surface area contributed by atoms with E-state index in [0.717, 1.165) is 27.1 Å². The van der Waals surface area contributed by atoms with Crippen molar-refractivity contribution in [1.29, 1.82) is 0 Å². The molecule has 19 heavy (non-hydrogen) atoms. The molecule has 1 aromatic carbocycles. The number of halogens is 1. The summed E-state index contributed by atoms with van der Waals surface area (Å²) in [6, 6.07) is 8.16. The fraction of sp³-hybridized carbons (Fsp3) is 0.214. The van der Waals surface area contributed by atoms with Gasteiger partial charge in [0.1, 0.15) is 0 Å². The average Bonchev–Trinajstić information content (AvgIpc) is 2.89. The van der Waals surface area contributed by atoms with Gasteiger partial charge in [0.15, 0.2) is 4.96 Å². The van der Waals surface area contributed by atoms with Gasteiger partial charge in [0, 0.05) is 34.2 Å². The van der Waals surface area contributed by atoms with Crippen LogP contribution in [0.15, 0.2) is 46.5 Å². The maximum atomic E-state index is 6.45. The van der Waals surface area contributed by atoms with E-state index >= 15 is 0 Å². The first-order chi connectivity index (χ1) is 9.04. The van der Waals surface area contributed by atoms with Gasteiger partial charge in [-0.25, -0.2) is 4.98 Å². The zero-order chi connectivity index (χ0) is 13.5. The third-order valence-electron chi connectivity index (χ3n) is 3.20. The van der Waals surface area contributed by atoms with Crippen molar-refractivity contribution in [3.05, 3.63) is 57.8 Å². The third-order valence-corrected chi connectivity index (χ3v) is 4.49. The van der Waals surface area contributed by atoms with Crippen LogP contribution in [-0.2, 0) is 12.0 Å². The van der Waals surface area contributed by atoms with E-state index in [4.69, 9.17) is 5.73 Å². The number of nitrogens with zero attached hydrogens (tertiary/aromatic N) is 2. The molecular weight excluding hydrogens is 322 g/mol. The van der Waals surface area contributed by atoms with Crippen molar-refractivity contribution in [3.63, 3.8) is 0 Å². The number of nitrogens with two attached hydrogens (primary N) is 1. The first-order valence-corrected chi connectivity index (χ1v) is 7.68. The lowest BCUT2D eigenvalue weighted by atomic mass is 9.89. The van der Waals surface area contributed by atoms with Crippen molar-refractivity contribution in [3.8, 4) is 0 Å². The van der Waals surface area contributed by atoms with Gasteiger partial charge in [0.05, 0.1) is 5.69 Å². The van der Waals surface area contributed by atoms with Crippen LogP contribution in [0.1, 0.15) is 18.2 Å². The second-order valence-electron chi connectivity index (χ2n) is 4.93. The molecule has 2 aromatic heterocycles. The van der Waals surface area contributed by atoms with E-state index in [1.54, 1.807) is 11.3 Å². The Kier molecular flexibility index (Phi) is 3.20. The molecule has 1 unspecified atom stereocenters. The Morgan fingerprint density at radius 1 is 1.37 bits per heavy atom. The van der Waals surface area contributed by atoms with Crippen LogP contribution < -0.4 is 5.73 Å². The largest absolute Gasteiger partial charge is 0.321 e. The van der Waals surface area contributed by atoms with Crippen molar-refractivity contribution in [2.24, 2.45) is 5.73 Å². The number of aromatic nitrogens is 2. The number of hydrogen-bond acceptors (Lipinski definition) is 3. The molecule has 3 rings (SSSR count). The van der Waals surface area contributed by atoms with Crippen LogP contribution in [0.3, 0.4) is 0 Å². The molecule has 3 aromatic rings. The molecule has 98 valence electrons. The summed E-state index contributed by atoms with van der Waals surface area (Å²) in [4.78, 5) is 5.61. The van der Waals surface area contributed by atoms with E-state index < -0.39 is 5.54 Å². The summed E-state index contributed by atoms with van der Waals surface area (Å²) in [6.45, 7) is 2.05. The van der Waals surface area contributed by atoms with E-state index in [1.807, 2.05) is 35.0 Å². The Bertz CT molecular complexity index is 668. The minimum Gasteiger partial charge on any atom is -0.321 e. The Balaban J connectivity index is 1.88. The molecule has 0 saturated heterocycles. The van der Waals surface area contributed by atoms with Gasteiger partial charge >= 0.3 is 0 Å². The van der Waals surface area contributed by atoms with E-state index in [-0.39, 0.29) is 0 Å². The zero-order valence-electron chi connectivity index (χ0n) is 10.5. The second-order valence-corrected chi connectivity index (χ2v) is 6.71. The van der Waals surface area contributed by atoms with Gasteiger partial charge < -0.3 is 5.73 Å². The molecule has 2 N–H and O–H groups in total. The third kappa shape index (κ3) is 2.59. The molecule has 0 bridgehead atoms. The molecule has 0 radical (unpaired) electrons. The number of fused-ring (bicyclic) bond motifs is 1. The number of hydrogen-bond donors (Lipinski definition) is 1. The maximum absolute atomic E-state index is 6.45. The van der Waals surface area contributed by atoms with E-state index in [2.05, 4.69) is 39.2 Å². The highest BCUT2D eigenvalue weighted by Crippen LogP contribution is 2.24. The number of benzene rings is 1. The summed E-state index contributed by atoms with van der Waals surface area (Å²) in [6.07, 6.45) is 4.79. The summed E-state index contributed by atoms with van der Waals surface area (Å²) in [7, 11) is 0. The van der Waals surface area contributed by atoms with E-state index in [1.165, 1.54) is 0 Å². The summed E-state index contributed by atoms with van der Waals surface area (Å²) < 4.78 is 3.10. The van der Waals surface area contributed by atoms with Gasteiger partial charge in [0.25, 0.3) is 0 Å². The minimum atomic E-state index is -0.412. The second kappa shape index (κ2) is 4.74. The quantitative estimate of drug-likeness (QED) is 0.795. The highest BCUT2D eigenvalue weighted by Gasteiger charge is 2.23. The smallest absolute Gasteiger partial charge is 0.193 e. The van der Waals surface area contributed by atoms with Crippen molar-refractivity contribution in [1.82, 2.24) is 9.38 Å². The lowest BCUT2D eigenvalue weighted by Gasteiger charge is -2.24. The van der Waals surface area contributed by atoms with Crippen molar-refractivity contribution in [2.45, 2.75) is 18.9 Å². The molecule has 0 aliphatic carbocycles. The molecule has 0 amide bonds. The molecule has 0 saturated carbocycles. The Morgan fingerprint density at radius 3 is 2.79 bits per heavy atom. The van der Waals surface area contributed by atoms with E-state index in [9.17, 15) is 0 Å². The van der Waals surface area contributed by atoms with Gasteiger partial charge in [-0.1, -0.05) is 28.1 Å². The van der Waals surface area contributed by atoms with Gasteiger partial charge in [-0.15, -0.1) is 11.3 Å². The molecule has 0 aliphatic heterocycles. The van der Waals surface area contributed by atoms with Gasteiger partial charge in [-0.2, -0.15) is 0 Å². The maximum Gasteiger partial charge on any atom is 0.193 e. The van der Waals surface area contributed by atoms with Crippen LogP contribution in [-0.4, -0.2) is 9.38 Å². The summed E-state index contributed by atoms with van der Waals surface area (Å²) in [5.41, 5.74) is 8.18. The lowest BCUT2D eigenvalue weighted by molar-refractivity contribution is 0.486. The molecule has 5 heteroatoms. The van der Waals surface area contributed by atoms with Gasteiger partial charge in [-0.05, 0) is 24.6 Å². The molecule has 0 fully saturated rings. The van der Waals surface area contributed by atoms with Crippen LogP contribution in [0, 0.1) is 0 Å². The zero-order valence-corrected chi connectivity index (χ0v) is 12.9.